The first-order valence-electron chi connectivity index (χ1n) is 2.53. The van der Waals surface area contributed by atoms with Crippen molar-refractivity contribution in [2.24, 2.45) is 0 Å². The van der Waals surface area contributed by atoms with Crippen LogP contribution in [0.1, 0.15) is 6.92 Å². The molecule has 7 heavy (non-hydrogen) atoms. The minimum absolute atomic E-state index is 0.810. The van der Waals surface area contributed by atoms with Crippen molar-refractivity contribution in [3.8, 4) is 0 Å². The van der Waals surface area contributed by atoms with Gasteiger partial charge in [-0.1, -0.05) is 12.2 Å². The van der Waals surface area contributed by atoms with Gasteiger partial charge in [0, 0.05) is 6.54 Å². The van der Waals surface area contributed by atoms with Crippen LogP contribution in [0.4, 0.5) is 0 Å². The summed E-state index contributed by atoms with van der Waals surface area (Å²) in [6.45, 7) is 7.37. The maximum Gasteiger partial charge on any atom is 0.0134 e. The minimum Gasteiger partial charge on any atom is -0.313 e. The average Bonchev–Trinajstić information content (AvgIpc) is 1.69. The first-order chi connectivity index (χ1) is 3.41. The molecule has 0 fully saturated rings. The maximum atomic E-state index is 3.61. The van der Waals surface area contributed by atoms with Crippen molar-refractivity contribution in [3.05, 3.63) is 19.1 Å². The molecule has 0 aliphatic heterocycles. The molecule has 0 saturated heterocycles. The normalized spacial score (nSPS) is 10.6. The molecule has 0 aliphatic carbocycles. The van der Waals surface area contributed by atoms with Crippen LogP contribution in [-0.4, -0.2) is 13.1 Å². The summed E-state index contributed by atoms with van der Waals surface area (Å²) in [5.41, 5.74) is 0. The van der Waals surface area contributed by atoms with E-state index >= 15 is 0 Å². The van der Waals surface area contributed by atoms with Crippen LogP contribution in [0, 0.1) is 6.92 Å². The van der Waals surface area contributed by atoms with Crippen LogP contribution < -0.4 is 5.32 Å². The molecule has 0 saturated carbocycles. The van der Waals surface area contributed by atoms with Crippen LogP contribution in [0.25, 0.3) is 0 Å². The van der Waals surface area contributed by atoms with Gasteiger partial charge in [0.2, 0.25) is 0 Å². The zero-order valence-corrected chi connectivity index (χ0v) is 4.78. The third-order valence-electron chi connectivity index (χ3n) is 0.675. The smallest absolute Gasteiger partial charge is 0.0134 e. The van der Waals surface area contributed by atoms with E-state index in [1.807, 2.05) is 13.0 Å². The summed E-state index contributed by atoms with van der Waals surface area (Å²) in [4.78, 5) is 0. The van der Waals surface area contributed by atoms with E-state index in [1.54, 1.807) is 0 Å². The third-order valence-corrected chi connectivity index (χ3v) is 0.675. The minimum atomic E-state index is 0.810. The van der Waals surface area contributed by atoms with Crippen molar-refractivity contribution in [3.63, 3.8) is 0 Å². The fourth-order valence-corrected chi connectivity index (χ4v) is 0.303. The van der Waals surface area contributed by atoms with E-state index in [9.17, 15) is 0 Å². The van der Waals surface area contributed by atoms with Gasteiger partial charge in [-0.3, -0.25) is 0 Å². The summed E-state index contributed by atoms with van der Waals surface area (Å²) in [6, 6.07) is 0. The Hall–Kier alpha value is -0.300. The molecule has 0 unspecified atom stereocenters. The second kappa shape index (κ2) is 5.70. The summed E-state index contributed by atoms with van der Waals surface area (Å²) in [5, 5.41) is 3.05. The lowest BCUT2D eigenvalue weighted by Gasteiger charge is -1.89. The van der Waals surface area contributed by atoms with Crippen molar-refractivity contribution in [1.82, 2.24) is 5.32 Å². The molecular weight excluding hydrogens is 86.1 g/mol. The molecule has 0 atom stereocenters. The molecular formula is C6H12N. The van der Waals surface area contributed by atoms with Crippen LogP contribution in [0.2, 0.25) is 0 Å². The Balaban J connectivity index is 2.69. The zero-order valence-electron chi connectivity index (χ0n) is 4.78. The van der Waals surface area contributed by atoms with Crippen LogP contribution in [0.15, 0.2) is 12.2 Å². The molecule has 41 valence electrons. The summed E-state index contributed by atoms with van der Waals surface area (Å²) >= 11 is 0. The highest BCUT2D eigenvalue weighted by molar-refractivity contribution is 4.78. The predicted molar refractivity (Wildman–Crippen MR) is 33.0 cm³/mol. The molecule has 0 amide bonds. The van der Waals surface area contributed by atoms with Crippen molar-refractivity contribution in [1.29, 1.82) is 0 Å². The molecule has 1 heteroatoms. The Morgan fingerprint density at radius 1 is 1.71 bits per heavy atom. The van der Waals surface area contributed by atoms with Crippen molar-refractivity contribution >= 4 is 0 Å². The molecule has 0 heterocycles. The number of hydrogen-bond donors (Lipinski definition) is 1. The van der Waals surface area contributed by atoms with Gasteiger partial charge < -0.3 is 5.32 Å². The monoisotopic (exact) mass is 98.1 g/mol. The van der Waals surface area contributed by atoms with Gasteiger partial charge in [0.25, 0.3) is 0 Å². The highest BCUT2D eigenvalue weighted by Gasteiger charge is 1.68. The Kier molecular flexibility index (Phi) is 5.46. The van der Waals surface area contributed by atoms with E-state index < -0.39 is 0 Å². The van der Waals surface area contributed by atoms with Gasteiger partial charge in [-0.25, -0.2) is 0 Å². The van der Waals surface area contributed by atoms with Gasteiger partial charge in [-0.2, -0.15) is 0 Å². The molecule has 0 spiro atoms. The molecule has 0 aromatic heterocycles. The topological polar surface area (TPSA) is 12.0 Å². The lowest BCUT2D eigenvalue weighted by Crippen LogP contribution is -2.11. The van der Waals surface area contributed by atoms with Gasteiger partial charge in [0.15, 0.2) is 0 Å². The van der Waals surface area contributed by atoms with E-state index in [0.717, 1.165) is 13.1 Å². The molecule has 1 radical (unpaired) electrons. The number of allylic oxidation sites excluding steroid dienone is 1. The van der Waals surface area contributed by atoms with Gasteiger partial charge in [0.05, 0.1) is 0 Å². The summed E-state index contributed by atoms with van der Waals surface area (Å²) < 4.78 is 0. The van der Waals surface area contributed by atoms with Gasteiger partial charge in [-0.15, -0.1) is 0 Å². The van der Waals surface area contributed by atoms with E-state index in [4.69, 9.17) is 0 Å². The average molecular weight is 98.2 g/mol. The van der Waals surface area contributed by atoms with Gasteiger partial charge >= 0.3 is 0 Å². The van der Waals surface area contributed by atoms with Crippen LogP contribution in [-0.2, 0) is 0 Å². The molecule has 0 aliphatic rings. The highest BCUT2D eigenvalue weighted by Crippen LogP contribution is 1.64. The maximum absolute atomic E-state index is 3.61. The Labute approximate surface area is 45.4 Å². The lowest BCUT2D eigenvalue weighted by atomic mass is 10.5. The highest BCUT2D eigenvalue weighted by atomic mass is 14.8. The molecule has 0 aromatic rings. The summed E-state index contributed by atoms with van der Waals surface area (Å²) in [5.74, 6) is 0. The Bertz CT molecular complexity index is 48.1. The first kappa shape index (κ1) is 6.70. The van der Waals surface area contributed by atoms with Crippen LogP contribution in [0.5, 0.6) is 0 Å². The van der Waals surface area contributed by atoms with Crippen LogP contribution >= 0.6 is 0 Å². The quantitative estimate of drug-likeness (QED) is 0.410. The molecule has 0 rings (SSSR count). The van der Waals surface area contributed by atoms with Crippen molar-refractivity contribution in [2.45, 2.75) is 6.92 Å². The fourth-order valence-electron chi connectivity index (χ4n) is 0.303. The molecule has 0 aromatic carbocycles. The zero-order chi connectivity index (χ0) is 5.54. The Morgan fingerprint density at radius 2 is 2.43 bits per heavy atom. The molecule has 0 bridgehead atoms. The van der Waals surface area contributed by atoms with E-state index in [-0.39, 0.29) is 0 Å². The van der Waals surface area contributed by atoms with Crippen LogP contribution in [0.3, 0.4) is 0 Å². The standard InChI is InChI=1S/C6H12N/c1-3-5-6-7-4-2/h3,5,7H,2,4,6H2,1H3. The Morgan fingerprint density at radius 3 is 2.86 bits per heavy atom. The number of nitrogens with one attached hydrogen (secondary N) is 1. The largest absolute Gasteiger partial charge is 0.313 e. The van der Waals surface area contributed by atoms with Gasteiger partial charge in [-0.05, 0) is 20.4 Å². The third kappa shape index (κ3) is 5.70. The van der Waals surface area contributed by atoms with Gasteiger partial charge in [0.1, 0.15) is 0 Å². The number of rotatable bonds is 3. The van der Waals surface area contributed by atoms with E-state index in [1.165, 1.54) is 0 Å². The molecule has 1 nitrogen and oxygen atoms in total. The lowest BCUT2D eigenvalue weighted by molar-refractivity contribution is 0.840. The second-order valence-corrected chi connectivity index (χ2v) is 1.27. The molecule has 1 N–H and O–H groups in total. The predicted octanol–water partition coefficient (Wildman–Crippen LogP) is 0.986. The SMILES string of the molecule is [CH2]CNCC=CC. The summed E-state index contributed by atoms with van der Waals surface area (Å²) in [6.07, 6.45) is 4.08. The summed E-state index contributed by atoms with van der Waals surface area (Å²) in [7, 11) is 0. The van der Waals surface area contributed by atoms with E-state index in [0.29, 0.717) is 0 Å². The fraction of sp³-hybridized carbons (Fsp3) is 0.500. The first-order valence-corrected chi connectivity index (χ1v) is 2.53. The number of hydrogen-bond acceptors (Lipinski definition) is 1. The van der Waals surface area contributed by atoms with Crippen molar-refractivity contribution < 1.29 is 0 Å². The second-order valence-electron chi connectivity index (χ2n) is 1.27. The van der Waals surface area contributed by atoms with Crippen molar-refractivity contribution in [2.75, 3.05) is 13.1 Å². The van der Waals surface area contributed by atoms with E-state index in [2.05, 4.69) is 18.3 Å².